The van der Waals surface area contributed by atoms with Gasteiger partial charge in [0.1, 0.15) is 18.0 Å². The van der Waals surface area contributed by atoms with Gasteiger partial charge in [-0.15, -0.1) is 0 Å². The fourth-order valence-electron chi connectivity index (χ4n) is 3.12. The average molecular weight is 383 g/mol. The molecule has 1 aliphatic heterocycles. The summed E-state index contributed by atoms with van der Waals surface area (Å²) in [6, 6.07) is 10.1. The molecule has 150 valence electrons. The molecule has 1 aliphatic rings. The molecule has 0 aliphatic carbocycles. The molecule has 0 saturated heterocycles. The van der Waals surface area contributed by atoms with Crippen LogP contribution < -0.4 is 10.1 Å². The molecule has 28 heavy (non-hydrogen) atoms. The highest BCUT2D eigenvalue weighted by Crippen LogP contribution is 2.21. The van der Waals surface area contributed by atoms with Gasteiger partial charge in [0.05, 0.1) is 0 Å². The summed E-state index contributed by atoms with van der Waals surface area (Å²) in [4.78, 5) is 18.2. The normalized spacial score (nSPS) is 13.8. The number of benzene rings is 1. The van der Waals surface area contributed by atoms with Gasteiger partial charge in [-0.1, -0.05) is 12.1 Å². The van der Waals surface area contributed by atoms with Gasteiger partial charge in [-0.05, 0) is 62.1 Å². The molecule has 1 aromatic carbocycles. The molecule has 0 atom stereocenters. The first-order valence-electron chi connectivity index (χ1n) is 9.72. The van der Waals surface area contributed by atoms with E-state index >= 15 is 0 Å². The summed E-state index contributed by atoms with van der Waals surface area (Å²) in [7, 11) is 0. The molecule has 6 nitrogen and oxygen atoms in total. The van der Waals surface area contributed by atoms with Gasteiger partial charge in [0.25, 0.3) is 0 Å². The van der Waals surface area contributed by atoms with Gasteiger partial charge >= 0.3 is 6.09 Å². The molecule has 6 heteroatoms. The van der Waals surface area contributed by atoms with E-state index in [-0.39, 0.29) is 6.09 Å². The van der Waals surface area contributed by atoms with Crippen LogP contribution in [-0.4, -0.2) is 41.3 Å². The molecule has 2 heterocycles. The van der Waals surface area contributed by atoms with E-state index in [1.807, 2.05) is 57.4 Å². The first-order chi connectivity index (χ1) is 13.4. The molecular formula is C22H29N3O3. The topological polar surface area (TPSA) is 63.7 Å². The van der Waals surface area contributed by atoms with E-state index < -0.39 is 5.60 Å². The van der Waals surface area contributed by atoms with Crippen molar-refractivity contribution in [2.45, 2.75) is 45.9 Å². The fraction of sp³-hybridized carbons (Fsp3) is 0.455. The minimum atomic E-state index is -0.474. The van der Waals surface area contributed by atoms with E-state index in [0.717, 1.165) is 37.4 Å². The second kappa shape index (κ2) is 9.06. The maximum absolute atomic E-state index is 11.6. The Balaban J connectivity index is 1.34. The van der Waals surface area contributed by atoms with Crippen molar-refractivity contribution in [2.24, 2.45) is 0 Å². The number of hydrogen-bond acceptors (Lipinski definition) is 5. The predicted molar refractivity (Wildman–Crippen MR) is 108 cm³/mol. The third-order valence-electron chi connectivity index (χ3n) is 4.47. The van der Waals surface area contributed by atoms with Gasteiger partial charge in [-0.2, -0.15) is 0 Å². The first-order valence-corrected chi connectivity index (χ1v) is 9.72. The Morgan fingerprint density at radius 3 is 2.61 bits per heavy atom. The summed E-state index contributed by atoms with van der Waals surface area (Å²) in [6.45, 7) is 9.54. The number of alkyl carbamates (subject to hydrolysis) is 1. The number of aromatic nitrogens is 1. The van der Waals surface area contributed by atoms with Gasteiger partial charge in [-0.25, -0.2) is 4.79 Å². The zero-order valence-corrected chi connectivity index (χ0v) is 16.9. The monoisotopic (exact) mass is 383 g/mol. The number of ether oxygens (including phenoxy) is 2. The standard InChI is InChI=1S/C22H29N3O3/c1-22(2,3)28-21(26)24-11-8-17-4-6-20(7-5-17)27-13-12-25-15-18-9-10-23-14-19(18)16-25/h4-7,9-10,14H,8,11-13,15-16H2,1-3H3,(H,24,26). The van der Waals surface area contributed by atoms with Gasteiger partial charge in [0.15, 0.2) is 0 Å². The molecule has 0 fully saturated rings. The van der Waals surface area contributed by atoms with Crippen molar-refractivity contribution in [2.75, 3.05) is 19.7 Å². The Kier molecular flexibility index (Phi) is 6.52. The quantitative estimate of drug-likeness (QED) is 0.792. The fourth-order valence-corrected chi connectivity index (χ4v) is 3.12. The van der Waals surface area contributed by atoms with Crippen LogP contribution in [0.25, 0.3) is 0 Å². The maximum Gasteiger partial charge on any atom is 0.407 e. The van der Waals surface area contributed by atoms with Gasteiger partial charge < -0.3 is 14.8 Å². The average Bonchev–Trinajstić information content (AvgIpc) is 3.04. The minimum absolute atomic E-state index is 0.382. The first kappa shape index (κ1) is 20.1. The van der Waals surface area contributed by atoms with Crippen molar-refractivity contribution in [3.05, 3.63) is 59.4 Å². The van der Waals surface area contributed by atoms with Crippen molar-refractivity contribution in [3.8, 4) is 5.75 Å². The molecule has 0 bridgehead atoms. The number of fused-ring (bicyclic) bond motifs is 1. The molecule has 0 saturated carbocycles. The number of nitrogens with zero attached hydrogens (tertiary/aromatic N) is 2. The molecular weight excluding hydrogens is 354 g/mol. The van der Waals surface area contributed by atoms with Crippen molar-refractivity contribution in [1.82, 2.24) is 15.2 Å². The van der Waals surface area contributed by atoms with Crippen LogP contribution in [0.15, 0.2) is 42.7 Å². The zero-order valence-electron chi connectivity index (χ0n) is 16.9. The Morgan fingerprint density at radius 2 is 1.89 bits per heavy atom. The number of rotatable bonds is 7. The lowest BCUT2D eigenvalue weighted by atomic mass is 10.1. The molecule has 0 radical (unpaired) electrons. The number of pyridine rings is 1. The molecule has 3 rings (SSSR count). The van der Waals surface area contributed by atoms with Crippen LogP contribution in [0, 0.1) is 0 Å². The van der Waals surface area contributed by atoms with Crippen molar-refractivity contribution >= 4 is 6.09 Å². The van der Waals surface area contributed by atoms with E-state index in [0.29, 0.717) is 13.2 Å². The number of hydrogen-bond donors (Lipinski definition) is 1. The smallest absolute Gasteiger partial charge is 0.407 e. The van der Waals surface area contributed by atoms with Crippen LogP contribution in [0.5, 0.6) is 5.75 Å². The van der Waals surface area contributed by atoms with E-state index in [1.54, 1.807) is 0 Å². The Labute approximate surface area is 166 Å². The third-order valence-corrected chi connectivity index (χ3v) is 4.47. The minimum Gasteiger partial charge on any atom is -0.492 e. The summed E-state index contributed by atoms with van der Waals surface area (Å²) in [5.41, 5.74) is 3.34. The molecule has 0 unspecified atom stereocenters. The van der Waals surface area contributed by atoms with E-state index in [9.17, 15) is 4.79 Å². The summed E-state index contributed by atoms with van der Waals surface area (Å²) in [6.07, 6.45) is 4.17. The van der Waals surface area contributed by atoms with Crippen LogP contribution in [0.2, 0.25) is 0 Å². The number of nitrogens with one attached hydrogen (secondary N) is 1. The number of amides is 1. The summed E-state index contributed by atoms with van der Waals surface area (Å²) in [5, 5.41) is 2.77. The highest BCUT2D eigenvalue weighted by atomic mass is 16.6. The van der Waals surface area contributed by atoms with Gasteiger partial charge in [0.2, 0.25) is 0 Å². The molecule has 1 N–H and O–H groups in total. The SMILES string of the molecule is CC(C)(C)OC(=O)NCCc1ccc(OCCN2Cc3ccncc3C2)cc1. The van der Waals surface area contributed by atoms with Crippen LogP contribution in [0.3, 0.4) is 0 Å². The van der Waals surface area contributed by atoms with Gasteiger partial charge in [-0.3, -0.25) is 9.88 Å². The highest BCUT2D eigenvalue weighted by molar-refractivity contribution is 5.67. The Morgan fingerprint density at radius 1 is 1.14 bits per heavy atom. The van der Waals surface area contributed by atoms with E-state index in [2.05, 4.69) is 21.3 Å². The summed E-state index contributed by atoms with van der Waals surface area (Å²) in [5.74, 6) is 0.863. The van der Waals surface area contributed by atoms with Crippen molar-refractivity contribution < 1.29 is 14.3 Å². The van der Waals surface area contributed by atoms with Crippen LogP contribution in [0.4, 0.5) is 4.79 Å². The molecule has 1 amide bonds. The lowest BCUT2D eigenvalue weighted by molar-refractivity contribution is 0.0528. The molecule has 1 aromatic heterocycles. The number of carbonyl (C=O) groups is 1. The lowest BCUT2D eigenvalue weighted by Gasteiger charge is -2.19. The third kappa shape index (κ3) is 6.23. The highest BCUT2D eigenvalue weighted by Gasteiger charge is 2.18. The largest absolute Gasteiger partial charge is 0.492 e. The summed E-state index contributed by atoms with van der Waals surface area (Å²) < 4.78 is 11.1. The van der Waals surface area contributed by atoms with E-state index in [1.165, 1.54) is 11.1 Å². The zero-order chi connectivity index (χ0) is 20.0. The van der Waals surface area contributed by atoms with Gasteiger partial charge in [0, 0.05) is 38.6 Å². The number of carbonyl (C=O) groups excluding carboxylic acids is 1. The second-order valence-corrected chi connectivity index (χ2v) is 8.03. The van der Waals surface area contributed by atoms with Crippen LogP contribution >= 0.6 is 0 Å². The van der Waals surface area contributed by atoms with Crippen LogP contribution in [0.1, 0.15) is 37.5 Å². The van der Waals surface area contributed by atoms with Crippen LogP contribution in [-0.2, 0) is 24.2 Å². The van der Waals surface area contributed by atoms with E-state index in [4.69, 9.17) is 9.47 Å². The lowest BCUT2D eigenvalue weighted by Crippen LogP contribution is -2.33. The Hall–Kier alpha value is -2.60. The van der Waals surface area contributed by atoms with Crippen molar-refractivity contribution in [3.63, 3.8) is 0 Å². The van der Waals surface area contributed by atoms with Crippen molar-refractivity contribution in [1.29, 1.82) is 0 Å². The molecule has 0 spiro atoms. The molecule has 2 aromatic rings. The maximum atomic E-state index is 11.6. The Bertz CT molecular complexity index is 759. The summed E-state index contributed by atoms with van der Waals surface area (Å²) >= 11 is 0. The predicted octanol–water partition coefficient (Wildman–Crippen LogP) is 3.54. The second-order valence-electron chi connectivity index (χ2n) is 8.03.